The summed E-state index contributed by atoms with van der Waals surface area (Å²) in [7, 11) is 3.98. The maximum Gasteiger partial charge on any atom is 0.265 e. The molecule has 162 valence electrons. The van der Waals surface area contributed by atoms with Crippen molar-refractivity contribution in [1.82, 2.24) is 10.2 Å². The smallest absolute Gasteiger partial charge is 0.265 e. The Morgan fingerprint density at radius 3 is 2.42 bits per heavy atom. The summed E-state index contributed by atoms with van der Waals surface area (Å²) in [5, 5.41) is 7.99. The maximum absolute atomic E-state index is 12.8. The summed E-state index contributed by atoms with van der Waals surface area (Å²) in [5.41, 5.74) is 3.27. The zero-order valence-corrected chi connectivity index (χ0v) is 19.4. The van der Waals surface area contributed by atoms with E-state index in [9.17, 15) is 9.59 Å². The van der Waals surface area contributed by atoms with Crippen molar-refractivity contribution in [2.45, 2.75) is 19.4 Å². The SMILES string of the molecule is CCc1ccc(C(CNC(=O)c2ccc(Cl)c(NC(=O)c3cccs3)c2)N(C)C)cc1. The molecule has 0 aliphatic carbocycles. The van der Waals surface area contributed by atoms with E-state index in [1.807, 2.05) is 25.5 Å². The molecule has 0 aliphatic rings. The molecule has 0 saturated heterocycles. The van der Waals surface area contributed by atoms with Crippen LogP contribution in [0.3, 0.4) is 0 Å². The summed E-state index contributed by atoms with van der Waals surface area (Å²) in [6.45, 7) is 2.58. The lowest BCUT2D eigenvalue weighted by atomic mass is 10.0. The Hall–Kier alpha value is -2.67. The first-order valence-corrected chi connectivity index (χ1v) is 11.3. The summed E-state index contributed by atoms with van der Waals surface area (Å²) < 4.78 is 0. The number of anilines is 1. The topological polar surface area (TPSA) is 61.4 Å². The zero-order valence-electron chi connectivity index (χ0n) is 17.8. The van der Waals surface area contributed by atoms with Crippen LogP contribution in [0.1, 0.15) is 44.1 Å². The summed E-state index contributed by atoms with van der Waals surface area (Å²) in [6.07, 6.45) is 0.992. The number of halogens is 1. The van der Waals surface area contributed by atoms with Crippen molar-refractivity contribution in [2.75, 3.05) is 26.0 Å². The Morgan fingerprint density at radius 1 is 1.06 bits per heavy atom. The van der Waals surface area contributed by atoms with E-state index in [1.54, 1.807) is 24.3 Å². The van der Waals surface area contributed by atoms with Gasteiger partial charge in [0, 0.05) is 12.1 Å². The zero-order chi connectivity index (χ0) is 22.4. The number of amides is 2. The number of benzene rings is 2. The third kappa shape index (κ3) is 5.94. The molecule has 0 aliphatic heterocycles. The molecule has 1 aromatic heterocycles. The molecule has 0 fully saturated rings. The van der Waals surface area contributed by atoms with Crippen LogP contribution in [0.4, 0.5) is 5.69 Å². The molecule has 7 heteroatoms. The first kappa shape index (κ1) is 23.0. The van der Waals surface area contributed by atoms with Crippen LogP contribution in [0.5, 0.6) is 0 Å². The highest BCUT2D eigenvalue weighted by molar-refractivity contribution is 7.12. The number of carbonyl (C=O) groups is 2. The summed E-state index contributed by atoms with van der Waals surface area (Å²) in [5.74, 6) is -0.474. The summed E-state index contributed by atoms with van der Waals surface area (Å²) >= 11 is 7.57. The van der Waals surface area contributed by atoms with Crippen LogP contribution >= 0.6 is 22.9 Å². The molecular formula is C24H26ClN3O2S. The Labute approximate surface area is 192 Å². The normalized spacial score (nSPS) is 11.9. The summed E-state index contributed by atoms with van der Waals surface area (Å²) in [4.78, 5) is 27.8. The minimum atomic E-state index is -0.252. The molecule has 2 N–H and O–H groups in total. The monoisotopic (exact) mass is 455 g/mol. The molecule has 31 heavy (non-hydrogen) atoms. The van der Waals surface area contributed by atoms with Crippen LogP contribution in [-0.4, -0.2) is 37.4 Å². The maximum atomic E-state index is 12.8. The van der Waals surface area contributed by atoms with Gasteiger partial charge in [-0.05, 0) is 61.3 Å². The van der Waals surface area contributed by atoms with Gasteiger partial charge in [-0.2, -0.15) is 0 Å². The van der Waals surface area contributed by atoms with Crippen LogP contribution in [0.25, 0.3) is 0 Å². The van der Waals surface area contributed by atoms with Gasteiger partial charge in [0.15, 0.2) is 0 Å². The highest BCUT2D eigenvalue weighted by atomic mass is 35.5. The van der Waals surface area contributed by atoms with Gasteiger partial charge < -0.3 is 15.5 Å². The second-order valence-corrected chi connectivity index (χ2v) is 8.77. The van der Waals surface area contributed by atoms with E-state index in [1.165, 1.54) is 16.9 Å². The number of thiophene rings is 1. The van der Waals surface area contributed by atoms with Crippen LogP contribution in [0.2, 0.25) is 5.02 Å². The van der Waals surface area contributed by atoms with Crippen molar-refractivity contribution < 1.29 is 9.59 Å². The standard InChI is InChI=1S/C24H26ClN3O2S/c1-4-16-7-9-17(10-8-16)21(28(2)3)15-26-23(29)18-11-12-19(25)20(14-18)27-24(30)22-6-5-13-31-22/h5-14,21H,4,15H2,1-3H3,(H,26,29)(H,27,30). The third-order valence-corrected chi connectivity index (χ3v) is 6.27. The molecule has 1 heterocycles. The molecule has 2 aromatic carbocycles. The van der Waals surface area contributed by atoms with E-state index in [-0.39, 0.29) is 17.9 Å². The molecule has 1 atom stereocenters. The van der Waals surface area contributed by atoms with Gasteiger partial charge in [0.05, 0.1) is 21.6 Å². The van der Waals surface area contributed by atoms with Crippen molar-refractivity contribution >= 4 is 40.4 Å². The number of carbonyl (C=O) groups excluding carboxylic acids is 2. The number of nitrogens with zero attached hydrogens (tertiary/aromatic N) is 1. The fourth-order valence-electron chi connectivity index (χ4n) is 3.22. The Kier molecular flexibility index (Phi) is 7.85. The quantitative estimate of drug-likeness (QED) is 0.487. The van der Waals surface area contributed by atoms with Gasteiger partial charge in [-0.15, -0.1) is 11.3 Å². The molecule has 5 nitrogen and oxygen atoms in total. The fraction of sp³-hybridized carbons (Fsp3) is 0.250. The number of nitrogens with one attached hydrogen (secondary N) is 2. The predicted octanol–water partition coefficient (Wildman–Crippen LogP) is 5.25. The number of hydrogen-bond acceptors (Lipinski definition) is 4. The largest absolute Gasteiger partial charge is 0.350 e. The van der Waals surface area contributed by atoms with E-state index < -0.39 is 0 Å². The highest BCUT2D eigenvalue weighted by Crippen LogP contribution is 2.25. The molecule has 0 spiro atoms. The van der Waals surface area contributed by atoms with Gasteiger partial charge in [0.25, 0.3) is 11.8 Å². The number of hydrogen-bond donors (Lipinski definition) is 2. The van der Waals surface area contributed by atoms with Crippen LogP contribution in [0, 0.1) is 0 Å². The molecule has 0 saturated carbocycles. The lowest BCUT2D eigenvalue weighted by Gasteiger charge is -2.25. The molecule has 3 aromatic rings. The minimum absolute atomic E-state index is 0.0418. The van der Waals surface area contributed by atoms with E-state index in [4.69, 9.17) is 11.6 Å². The Balaban J connectivity index is 1.69. The second kappa shape index (κ2) is 10.6. The molecule has 2 amide bonds. The average molecular weight is 456 g/mol. The van der Waals surface area contributed by atoms with Gasteiger partial charge in [-0.1, -0.05) is 48.9 Å². The van der Waals surface area contributed by atoms with Gasteiger partial charge >= 0.3 is 0 Å². The van der Waals surface area contributed by atoms with Gasteiger partial charge in [-0.3, -0.25) is 9.59 Å². The molecular weight excluding hydrogens is 430 g/mol. The van der Waals surface area contributed by atoms with Crippen LogP contribution in [0.15, 0.2) is 60.0 Å². The molecule has 3 rings (SSSR count). The lowest BCUT2D eigenvalue weighted by Crippen LogP contribution is -2.34. The highest BCUT2D eigenvalue weighted by Gasteiger charge is 2.17. The molecule has 0 radical (unpaired) electrons. The van der Waals surface area contributed by atoms with Crippen molar-refractivity contribution in [3.63, 3.8) is 0 Å². The van der Waals surface area contributed by atoms with Crippen molar-refractivity contribution in [3.8, 4) is 0 Å². The lowest BCUT2D eigenvalue weighted by molar-refractivity contribution is 0.0940. The van der Waals surface area contributed by atoms with Crippen molar-refractivity contribution in [2.24, 2.45) is 0 Å². The second-order valence-electron chi connectivity index (χ2n) is 7.41. The number of rotatable bonds is 8. The number of likely N-dealkylation sites (N-methyl/N-ethyl adjacent to an activating group) is 1. The number of aryl methyl sites for hydroxylation is 1. The van der Waals surface area contributed by atoms with Gasteiger partial charge in [0.1, 0.15) is 0 Å². The van der Waals surface area contributed by atoms with E-state index in [0.717, 1.165) is 12.0 Å². The fourth-order valence-corrected chi connectivity index (χ4v) is 4.00. The van der Waals surface area contributed by atoms with E-state index in [0.29, 0.717) is 27.7 Å². The molecule has 0 bridgehead atoms. The Bertz CT molecular complexity index is 1030. The third-order valence-electron chi connectivity index (χ3n) is 5.07. The minimum Gasteiger partial charge on any atom is -0.350 e. The van der Waals surface area contributed by atoms with E-state index >= 15 is 0 Å². The van der Waals surface area contributed by atoms with Gasteiger partial charge in [-0.25, -0.2) is 0 Å². The van der Waals surface area contributed by atoms with E-state index in [2.05, 4.69) is 46.7 Å². The van der Waals surface area contributed by atoms with Crippen molar-refractivity contribution in [3.05, 3.63) is 86.6 Å². The first-order chi connectivity index (χ1) is 14.9. The average Bonchev–Trinajstić information content (AvgIpc) is 3.30. The summed E-state index contributed by atoms with van der Waals surface area (Å²) in [6, 6.07) is 16.9. The molecule has 1 unspecified atom stereocenters. The predicted molar refractivity (Wildman–Crippen MR) is 128 cm³/mol. The Morgan fingerprint density at radius 2 is 1.81 bits per heavy atom. The van der Waals surface area contributed by atoms with Crippen LogP contribution in [-0.2, 0) is 6.42 Å². The van der Waals surface area contributed by atoms with Crippen LogP contribution < -0.4 is 10.6 Å². The van der Waals surface area contributed by atoms with Crippen molar-refractivity contribution in [1.29, 1.82) is 0 Å². The van der Waals surface area contributed by atoms with Gasteiger partial charge in [0.2, 0.25) is 0 Å². The first-order valence-electron chi connectivity index (χ1n) is 10.1.